The minimum Gasteiger partial charge on any atom is -0.468 e. The van der Waals surface area contributed by atoms with Gasteiger partial charge in [0.15, 0.2) is 0 Å². The Bertz CT molecular complexity index is 472. The molecule has 0 fully saturated rings. The first kappa shape index (κ1) is 11.9. The number of nitrogens with one attached hydrogen (secondary N) is 1. The van der Waals surface area contributed by atoms with Crippen LogP contribution in [0.15, 0.2) is 34.2 Å². The number of rotatable bonds is 5. The zero-order chi connectivity index (χ0) is 12.1. The molecular formula is C11H14N4OS. The van der Waals surface area contributed by atoms with E-state index in [1.807, 2.05) is 12.1 Å². The number of nitrogen functional groups attached to an aromatic ring is 1. The molecule has 0 radical (unpaired) electrons. The van der Waals surface area contributed by atoms with Crippen molar-refractivity contribution in [2.24, 2.45) is 5.84 Å². The number of furan rings is 1. The van der Waals surface area contributed by atoms with Gasteiger partial charge in [-0.2, -0.15) is 0 Å². The molecule has 0 saturated heterocycles. The molecule has 0 atom stereocenters. The summed E-state index contributed by atoms with van der Waals surface area (Å²) in [4.78, 5) is 8.36. The van der Waals surface area contributed by atoms with E-state index in [9.17, 15) is 0 Å². The Morgan fingerprint density at radius 1 is 1.47 bits per heavy atom. The number of nitrogens with zero attached hydrogens (tertiary/aromatic N) is 2. The van der Waals surface area contributed by atoms with Crippen molar-refractivity contribution in [1.82, 2.24) is 9.97 Å². The van der Waals surface area contributed by atoms with Crippen LogP contribution in [0.3, 0.4) is 0 Å². The highest BCUT2D eigenvalue weighted by Crippen LogP contribution is 2.27. The van der Waals surface area contributed by atoms with E-state index >= 15 is 0 Å². The van der Waals surface area contributed by atoms with Crippen molar-refractivity contribution >= 4 is 17.6 Å². The van der Waals surface area contributed by atoms with E-state index in [4.69, 9.17) is 10.3 Å². The molecule has 0 aromatic carbocycles. The molecule has 3 N–H and O–H groups in total. The molecule has 0 spiro atoms. The number of hydrogen-bond acceptors (Lipinski definition) is 6. The first-order chi connectivity index (χ1) is 8.35. The summed E-state index contributed by atoms with van der Waals surface area (Å²) in [7, 11) is 0. The minimum atomic E-state index is 0.685. The van der Waals surface area contributed by atoms with E-state index in [1.54, 1.807) is 18.0 Å². The average molecular weight is 250 g/mol. The molecule has 0 aliphatic rings. The second-order valence-electron chi connectivity index (χ2n) is 3.37. The molecule has 2 aromatic heterocycles. The first-order valence-corrected chi connectivity index (χ1v) is 6.29. The monoisotopic (exact) mass is 250 g/mol. The highest BCUT2D eigenvalue weighted by molar-refractivity contribution is 7.98. The van der Waals surface area contributed by atoms with Gasteiger partial charge in [-0.15, -0.1) is 0 Å². The molecule has 0 aliphatic carbocycles. The van der Waals surface area contributed by atoms with Gasteiger partial charge in [-0.25, -0.2) is 15.8 Å². The maximum absolute atomic E-state index is 5.42. The zero-order valence-corrected chi connectivity index (χ0v) is 10.3. The van der Waals surface area contributed by atoms with Gasteiger partial charge in [-0.05, 0) is 18.6 Å². The summed E-state index contributed by atoms with van der Waals surface area (Å²) in [5, 5.41) is 0.937. The Hall–Kier alpha value is -1.53. The van der Waals surface area contributed by atoms with Crippen LogP contribution in [0.5, 0.6) is 0 Å². The van der Waals surface area contributed by atoms with Gasteiger partial charge in [0.25, 0.3) is 0 Å². The smallest absolute Gasteiger partial charge is 0.147 e. The SMILES string of the molecule is CCc1c(NN)ncnc1SCc1ccco1. The highest BCUT2D eigenvalue weighted by atomic mass is 32.2. The lowest BCUT2D eigenvalue weighted by Gasteiger charge is -2.09. The number of aromatic nitrogens is 2. The summed E-state index contributed by atoms with van der Waals surface area (Å²) in [6.07, 6.45) is 4.02. The molecule has 2 rings (SSSR count). The average Bonchev–Trinajstić information content (AvgIpc) is 2.88. The van der Waals surface area contributed by atoms with Crippen molar-refractivity contribution < 1.29 is 4.42 Å². The molecule has 5 nitrogen and oxygen atoms in total. The molecule has 2 heterocycles. The normalized spacial score (nSPS) is 10.5. The first-order valence-electron chi connectivity index (χ1n) is 5.30. The Morgan fingerprint density at radius 2 is 2.35 bits per heavy atom. The van der Waals surface area contributed by atoms with Crippen molar-refractivity contribution in [3.63, 3.8) is 0 Å². The summed E-state index contributed by atoms with van der Waals surface area (Å²) in [5.41, 5.74) is 3.63. The van der Waals surface area contributed by atoms with Gasteiger partial charge >= 0.3 is 0 Å². The van der Waals surface area contributed by atoms with Crippen LogP contribution in [0.1, 0.15) is 18.2 Å². The molecule has 90 valence electrons. The van der Waals surface area contributed by atoms with Gasteiger partial charge in [0.1, 0.15) is 22.9 Å². The van der Waals surface area contributed by atoms with E-state index < -0.39 is 0 Å². The summed E-state index contributed by atoms with van der Waals surface area (Å²) < 4.78 is 5.28. The van der Waals surface area contributed by atoms with Crippen LogP contribution in [0.2, 0.25) is 0 Å². The molecule has 0 aliphatic heterocycles. The van der Waals surface area contributed by atoms with Crippen LogP contribution < -0.4 is 11.3 Å². The second kappa shape index (κ2) is 5.70. The number of anilines is 1. The fourth-order valence-electron chi connectivity index (χ4n) is 1.50. The predicted octanol–water partition coefficient (Wildman–Crippen LogP) is 2.21. The Kier molecular flexibility index (Phi) is 4.00. The topological polar surface area (TPSA) is 77.0 Å². The summed E-state index contributed by atoms with van der Waals surface area (Å²) in [6, 6.07) is 3.82. The maximum atomic E-state index is 5.42. The standard InChI is InChI=1S/C11H14N4OS/c1-2-9-10(15-12)13-7-14-11(9)17-6-8-4-3-5-16-8/h3-5,7H,2,6,12H2,1H3,(H,13,14,15). The quantitative estimate of drug-likeness (QED) is 0.367. The Labute approximate surface area is 104 Å². The van der Waals surface area contributed by atoms with Crippen molar-refractivity contribution in [3.8, 4) is 0 Å². The van der Waals surface area contributed by atoms with Crippen molar-refractivity contribution in [1.29, 1.82) is 0 Å². The summed E-state index contributed by atoms with van der Waals surface area (Å²) in [6.45, 7) is 2.05. The van der Waals surface area contributed by atoms with Gasteiger partial charge in [-0.3, -0.25) is 0 Å². The largest absolute Gasteiger partial charge is 0.468 e. The van der Waals surface area contributed by atoms with Crippen LogP contribution in [-0.4, -0.2) is 9.97 Å². The third-order valence-electron chi connectivity index (χ3n) is 2.33. The zero-order valence-electron chi connectivity index (χ0n) is 9.51. The van der Waals surface area contributed by atoms with E-state index in [-0.39, 0.29) is 0 Å². The number of nitrogens with two attached hydrogens (primary N) is 1. The van der Waals surface area contributed by atoms with Crippen molar-refractivity contribution in [3.05, 3.63) is 36.0 Å². The fourth-order valence-corrected chi connectivity index (χ4v) is 2.48. The molecular weight excluding hydrogens is 236 g/mol. The van der Waals surface area contributed by atoms with E-state index in [0.717, 1.165) is 28.5 Å². The van der Waals surface area contributed by atoms with Gasteiger partial charge in [0, 0.05) is 5.56 Å². The van der Waals surface area contributed by atoms with Gasteiger partial charge in [0.05, 0.1) is 12.0 Å². The molecule has 0 saturated carbocycles. The molecule has 0 amide bonds. The second-order valence-corrected chi connectivity index (χ2v) is 4.34. The van der Waals surface area contributed by atoms with Crippen LogP contribution in [0, 0.1) is 0 Å². The van der Waals surface area contributed by atoms with Gasteiger partial charge < -0.3 is 9.84 Å². The molecule has 0 unspecified atom stereocenters. The van der Waals surface area contributed by atoms with Crippen LogP contribution in [-0.2, 0) is 12.2 Å². The van der Waals surface area contributed by atoms with E-state index in [2.05, 4.69) is 22.3 Å². The lowest BCUT2D eigenvalue weighted by Crippen LogP contribution is -2.12. The van der Waals surface area contributed by atoms with Crippen LogP contribution in [0.25, 0.3) is 0 Å². The lowest BCUT2D eigenvalue weighted by molar-refractivity contribution is 0.530. The minimum absolute atomic E-state index is 0.685. The number of hydrazine groups is 1. The Morgan fingerprint density at radius 3 is 3.00 bits per heavy atom. The van der Waals surface area contributed by atoms with Gasteiger partial charge in [0.2, 0.25) is 0 Å². The van der Waals surface area contributed by atoms with Crippen LogP contribution >= 0.6 is 11.8 Å². The molecule has 17 heavy (non-hydrogen) atoms. The maximum Gasteiger partial charge on any atom is 0.147 e. The van der Waals surface area contributed by atoms with Gasteiger partial charge in [-0.1, -0.05) is 18.7 Å². The van der Waals surface area contributed by atoms with Crippen LogP contribution in [0.4, 0.5) is 5.82 Å². The van der Waals surface area contributed by atoms with Crippen molar-refractivity contribution in [2.45, 2.75) is 24.1 Å². The Balaban J connectivity index is 2.14. The number of thioether (sulfide) groups is 1. The third-order valence-corrected chi connectivity index (χ3v) is 3.38. The molecule has 0 bridgehead atoms. The number of hydrogen-bond donors (Lipinski definition) is 2. The lowest BCUT2D eigenvalue weighted by atomic mass is 10.2. The highest BCUT2D eigenvalue weighted by Gasteiger charge is 2.10. The molecule has 6 heteroatoms. The fraction of sp³-hybridized carbons (Fsp3) is 0.273. The van der Waals surface area contributed by atoms with Crippen molar-refractivity contribution in [2.75, 3.05) is 5.43 Å². The molecule has 2 aromatic rings. The third kappa shape index (κ3) is 2.78. The summed E-state index contributed by atoms with van der Waals surface area (Å²) >= 11 is 1.62. The van der Waals surface area contributed by atoms with E-state index in [0.29, 0.717) is 5.82 Å². The predicted molar refractivity (Wildman–Crippen MR) is 67.5 cm³/mol. The van der Waals surface area contributed by atoms with E-state index in [1.165, 1.54) is 6.33 Å². The summed E-state index contributed by atoms with van der Waals surface area (Å²) in [5.74, 6) is 7.78.